The molecule has 65 heavy (non-hydrogen) atoms. The highest BCUT2D eigenvalue weighted by atomic mass is 32.3. The monoisotopic (exact) mass is 960 g/mol. The Balaban J connectivity index is 1.32. The van der Waals surface area contributed by atoms with Crippen molar-refractivity contribution < 1.29 is 67.4 Å². The molecule has 3 aromatic carbocycles. The van der Waals surface area contributed by atoms with Gasteiger partial charge in [0.25, 0.3) is 0 Å². The van der Waals surface area contributed by atoms with Crippen LogP contribution in [0.15, 0.2) is 91.0 Å². The first-order chi connectivity index (χ1) is 30.9. The number of benzene rings is 3. The predicted molar refractivity (Wildman–Crippen MR) is 242 cm³/mol. The Kier molecular flexibility index (Phi) is 19.0. The van der Waals surface area contributed by atoms with E-state index in [1.54, 1.807) is 45.2 Å². The lowest BCUT2D eigenvalue weighted by Crippen LogP contribution is -2.68. The number of hydrogen-bond donors (Lipinski definition) is 3. The number of likely N-dealkylation sites (N-methyl/N-ethyl adjacent to an activating group) is 1. The summed E-state index contributed by atoms with van der Waals surface area (Å²) in [6.07, 6.45) is -11.9. The van der Waals surface area contributed by atoms with Crippen molar-refractivity contribution in [3.8, 4) is 0 Å². The van der Waals surface area contributed by atoms with Gasteiger partial charge >= 0.3 is 20.7 Å². The number of rotatable bonds is 21. The fraction of sp³-hybridized carbons (Fsp3) is 0.581. The Labute approximate surface area is 386 Å². The van der Waals surface area contributed by atoms with Crippen LogP contribution in [0.25, 0.3) is 0 Å². The van der Waals surface area contributed by atoms with E-state index in [1.807, 2.05) is 87.5 Å². The zero-order valence-corrected chi connectivity index (χ0v) is 39.8. The summed E-state index contributed by atoms with van der Waals surface area (Å²) in [6.45, 7) is 8.87. The van der Waals surface area contributed by atoms with E-state index in [0.29, 0.717) is 12.2 Å². The number of nitrogens with one attached hydrogen (secondary N) is 2. The Hall–Kier alpha value is -2.40. The number of ether oxygens (including phenoxy) is 7. The molecule has 6 rings (SSSR count). The van der Waals surface area contributed by atoms with Crippen LogP contribution in [0.5, 0.6) is 0 Å². The summed E-state index contributed by atoms with van der Waals surface area (Å²) in [7, 11) is 2.48. The van der Waals surface area contributed by atoms with Crippen LogP contribution in [0, 0.1) is 11.8 Å². The molecule has 354 valence electrons. The highest BCUT2D eigenvalue weighted by Gasteiger charge is 2.54. The van der Waals surface area contributed by atoms with E-state index in [1.165, 1.54) is 0 Å². The second-order valence-corrected chi connectivity index (χ2v) is 19.9. The van der Waals surface area contributed by atoms with E-state index >= 15 is 0 Å². The molecule has 0 aromatic heterocycles. The summed E-state index contributed by atoms with van der Waals surface area (Å²) in [4.78, 5) is 0. The van der Waals surface area contributed by atoms with Gasteiger partial charge < -0.3 is 43.0 Å². The van der Waals surface area contributed by atoms with Gasteiger partial charge in [-0.05, 0) is 44.5 Å². The van der Waals surface area contributed by atoms with Crippen LogP contribution in [0.4, 0.5) is 0 Å². The fourth-order valence-corrected chi connectivity index (χ4v) is 10.2. The van der Waals surface area contributed by atoms with Crippen LogP contribution in [0.3, 0.4) is 0 Å². The molecule has 0 spiro atoms. The second-order valence-electron chi connectivity index (χ2n) is 16.5. The maximum absolute atomic E-state index is 13.4. The average molecular weight is 961 g/mol. The first-order valence-corrected chi connectivity index (χ1v) is 25.7. The molecule has 3 saturated heterocycles. The zero-order chi connectivity index (χ0) is 46.9. The summed E-state index contributed by atoms with van der Waals surface area (Å²) >= 11 is 0. The number of hydrogen-bond acceptors (Lipinski definition) is 15. The molecule has 17 nitrogen and oxygen atoms in total. The standard InChI is InChI=1S/C43H59B2N2O15PS2/c1-26-28(3)57-42(27(2)36(26)53-23-32-18-12-8-13-19-32)60-39-34(25-55-64(48,49)47-22-31-16-10-7-11-17-31)58-43(35(46-6)40(39)61-63(44)45)59-37-29(4)56-30(5)38(62-65(50,51)52)41(37)54-24-33-20-14-9-15-21-33/h7-21,26-30,34-43,46-47H,22-25H2,1-6H3,(H,50,51,52)/t26?,27?,28?,29?,30-,34?,35?,36+,37?,38?,39+,40+,41+,42-,43+/m0/s1. The van der Waals surface area contributed by atoms with E-state index in [9.17, 15) is 21.4 Å². The molecule has 8 unspecified atom stereocenters. The minimum absolute atomic E-state index is 0.000386. The lowest BCUT2D eigenvalue weighted by molar-refractivity contribution is -0.347. The van der Waals surface area contributed by atoms with Crippen LogP contribution < -0.4 is 10.0 Å². The molecular formula is C43H59B2N2O15PS2. The third-order valence-electron chi connectivity index (χ3n) is 11.8. The highest BCUT2D eigenvalue weighted by Crippen LogP contribution is 2.41. The Morgan fingerprint density at radius 1 is 0.631 bits per heavy atom. The maximum atomic E-state index is 13.4. The highest BCUT2D eigenvalue weighted by molar-refractivity contribution is 7.97. The quantitative estimate of drug-likeness (QED) is 0.0776. The van der Waals surface area contributed by atoms with E-state index in [2.05, 4.69) is 10.0 Å². The fourth-order valence-electron chi connectivity index (χ4n) is 8.38. The molecule has 3 aliphatic heterocycles. The topological polar surface area (TPSA) is 205 Å². The van der Waals surface area contributed by atoms with Crippen LogP contribution >= 0.6 is 7.91 Å². The predicted octanol–water partition coefficient (Wildman–Crippen LogP) is 4.25. The van der Waals surface area contributed by atoms with Gasteiger partial charge in [-0.2, -0.15) is 21.6 Å². The molecule has 4 radical (unpaired) electrons. The normalized spacial score (nSPS) is 33.5. The van der Waals surface area contributed by atoms with E-state index in [0.717, 1.165) is 11.1 Å². The minimum Gasteiger partial charge on any atom is -0.373 e. The van der Waals surface area contributed by atoms with Gasteiger partial charge in [0.05, 0.1) is 50.3 Å². The van der Waals surface area contributed by atoms with Crippen molar-refractivity contribution in [3.05, 3.63) is 108 Å². The third kappa shape index (κ3) is 14.6. The molecule has 0 bridgehead atoms. The van der Waals surface area contributed by atoms with Crippen molar-refractivity contribution in [2.75, 3.05) is 13.7 Å². The second kappa shape index (κ2) is 23.7. The van der Waals surface area contributed by atoms with Crippen molar-refractivity contribution in [2.24, 2.45) is 11.8 Å². The zero-order valence-electron chi connectivity index (χ0n) is 37.2. The molecule has 3 aromatic rings. The summed E-state index contributed by atoms with van der Waals surface area (Å²) < 4.78 is 126. The molecule has 3 aliphatic rings. The molecule has 15 atom stereocenters. The Morgan fingerprint density at radius 2 is 1.17 bits per heavy atom. The Bertz CT molecular complexity index is 2130. The average Bonchev–Trinajstić information content (AvgIpc) is 3.27. The van der Waals surface area contributed by atoms with Crippen molar-refractivity contribution >= 4 is 43.7 Å². The van der Waals surface area contributed by atoms with Gasteiger partial charge in [-0.25, -0.2) is 4.18 Å². The Morgan fingerprint density at radius 3 is 1.72 bits per heavy atom. The van der Waals surface area contributed by atoms with E-state index < -0.39 is 103 Å². The van der Waals surface area contributed by atoms with Crippen LogP contribution in [-0.4, -0.2) is 130 Å². The van der Waals surface area contributed by atoms with Crippen molar-refractivity contribution in [2.45, 2.75) is 134 Å². The van der Waals surface area contributed by atoms with Gasteiger partial charge in [-0.3, -0.25) is 8.74 Å². The minimum atomic E-state index is -5.01. The van der Waals surface area contributed by atoms with E-state index in [-0.39, 0.29) is 37.2 Å². The third-order valence-corrected chi connectivity index (χ3v) is 13.7. The summed E-state index contributed by atoms with van der Waals surface area (Å²) in [5.74, 6) is -0.410. The molecule has 0 amide bonds. The van der Waals surface area contributed by atoms with Crippen molar-refractivity contribution in [1.29, 1.82) is 0 Å². The first kappa shape index (κ1) is 52.0. The first-order valence-electron chi connectivity index (χ1n) is 21.5. The van der Waals surface area contributed by atoms with E-state index in [4.69, 9.17) is 61.2 Å². The van der Waals surface area contributed by atoms with Crippen LogP contribution in [-0.2, 0) is 86.5 Å². The SMILES string of the molecule is [B]P([B])O[C@@H]1C(NC)[C@@H](OC2C(C)O[C@@H](C)C(OS(=O)(=O)O)[C@@H]2OCc2ccccc2)OC(COS(=O)(=O)NCc2ccccc2)[C@H]1O[C@@H]1OC(C)C(C)[C@@H](OCc2ccccc2)C1C. The summed E-state index contributed by atoms with van der Waals surface area (Å²) in [6, 6.07) is 26.9. The van der Waals surface area contributed by atoms with Gasteiger partial charge in [-0.15, -0.1) is 0 Å². The maximum Gasteiger partial charge on any atom is 0.397 e. The molecule has 0 saturated carbocycles. The molecule has 3 heterocycles. The van der Waals surface area contributed by atoms with Crippen molar-refractivity contribution in [3.63, 3.8) is 0 Å². The smallest absolute Gasteiger partial charge is 0.373 e. The van der Waals surface area contributed by atoms with Crippen LogP contribution in [0.2, 0.25) is 0 Å². The van der Waals surface area contributed by atoms with Crippen molar-refractivity contribution in [1.82, 2.24) is 10.0 Å². The largest absolute Gasteiger partial charge is 0.397 e. The molecule has 3 N–H and O–H groups in total. The van der Waals surface area contributed by atoms with Gasteiger partial charge in [0.15, 0.2) is 12.6 Å². The lowest BCUT2D eigenvalue weighted by Gasteiger charge is -2.51. The van der Waals surface area contributed by atoms with Crippen LogP contribution in [0.1, 0.15) is 51.3 Å². The van der Waals surface area contributed by atoms with Gasteiger partial charge in [0.1, 0.15) is 51.8 Å². The van der Waals surface area contributed by atoms with Gasteiger partial charge in [-0.1, -0.05) is 113 Å². The molecular weight excluding hydrogens is 901 g/mol. The summed E-state index contributed by atoms with van der Waals surface area (Å²) in [5.41, 5.74) is 2.45. The molecule has 3 fully saturated rings. The lowest BCUT2D eigenvalue weighted by atomic mass is 9.86. The van der Waals surface area contributed by atoms with Gasteiger partial charge in [0, 0.05) is 18.4 Å². The van der Waals surface area contributed by atoms with Gasteiger partial charge in [0.2, 0.25) is 0 Å². The molecule has 0 aliphatic carbocycles. The molecule has 22 heteroatoms. The summed E-state index contributed by atoms with van der Waals surface area (Å²) in [5, 5.41) is 3.18.